The van der Waals surface area contributed by atoms with Crippen LogP contribution in [0.15, 0.2) is 55.1 Å². The predicted molar refractivity (Wildman–Crippen MR) is 122 cm³/mol. The van der Waals surface area contributed by atoms with E-state index in [1.165, 1.54) is 0 Å². The van der Waals surface area contributed by atoms with Crippen molar-refractivity contribution >= 4 is 17.6 Å². The first kappa shape index (κ1) is 21.4. The quantitative estimate of drug-likeness (QED) is 0.420. The van der Waals surface area contributed by atoms with E-state index >= 15 is 0 Å². The van der Waals surface area contributed by atoms with Gasteiger partial charge in [0.1, 0.15) is 6.61 Å². The summed E-state index contributed by atoms with van der Waals surface area (Å²) in [5.74, 6) is 0.728. The molecular formula is C23H27N7O2. The maximum atomic E-state index is 12.0. The lowest BCUT2D eigenvalue weighted by molar-refractivity contribution is 0.140. The SMILES string of the molecule is CCCNc1nc(CCNC(=O)OCc2ccccc2)cn2c(-c3cnn(C)c3)cnc12. The molecular weight excluding hydrogens is 406 g/mol. The molecule has 0 atom stereocenters. The zero-order valence-corrected chi connectivity index (χ0v) is 18.3. The summed E-state index contributed by atoms with van der Waals surface area (Å²) in [6.07, 6.45) is 8.63. The zero-order chi connectivity index (χ0) is 22.3. The van der Waals surface area contributed by atoms with E-state index in [4.69, 9.17) is 9.72 Å². The minimum Gasteiger partial charge on any atom is -0.445 e. The molecule has 2 N–H and O–H groups in total. The van der Waals surface area contributed by atoms with E-state index in [1.807, 2.05) is 66.6 Å². The van der Waals surface area contributed by atoms with Gasteiger partial charge in [-0.3, -0.25) is 9.08 Å². The Morgan fingerprint density at radius 2 is 1.97 bits per heavy atom. The number of carbonyl (C=O) groups is 1. The normalized spacial score (nSPS) is 10.9. The van der Waals surface area contributed by atoms with Crippen LogP contribution in [0.1, 0.15) is 24.6 Å². The summed E-state index contributed by atoms with van der Waals surface area (Å²) in [7, 11) is 1.89. The highest BCUT2D eigenvalue weighted by molar-refractivity contribution is 5.70. The Morgan fingerprint density at radius 1 is 1.12 bits per heavy atom. The van der Waals surface area contributed by atoms with Crippen LogP contribution in [-0.4, -0.2) is 43.3 Å². The molecule has 0 aliphatic carbocycles. The number of amides is 1. The topological polar surface area (TPSA) is 98.4 Å². The van der Waals surface area contributed by atoms with Gasteiger partial charge in [-0.05, 0) is 12.0 Å². The van der Waals surface area contributed by atoms with Gasteiger partial charge < -0.3 is 15.4 Å². The van der Waals surface area contributed by atoms with Crippen molar-refractivity contribution in [2.24, 2.45) is 7.05 Å². The fourth-order valence-corrected chi connectivity index (χ4v) is 3.35. The minimum absolute atomic E-state index is 0.242. The number of benzene rings is 1. The van der Waals surface area contributed by atoms with Gasteiger partial charge in [0.15, 0.2) is 11.5 Å². The Bertz CT molecular complexity index is 1180. The number of imidazole rings is 1. The van der Waals surface area contributed by atoms with Crippen LogP contribution in [0.4, 0.5) is 10.6 Å². The number of alkyl carbamates (subject to hydrolysis) is 1. The van der Waals surface area contributed by atoms with Crippen molar-refractivity contribution in [2.75, 3.05) is 18.4 Å². The molecule has 0 saturated carbocycles. The van der Waals surface area contributed by atoms with Crippen LogP contribution in [0.25, 0.3) is 16.9 Å². The number of ether oxygens (including phenoxy) is 1. The Hall–Kier alpha value is -3.88. The fourth-order valence-electron chi connectivity index (χ4n) is 3.35. The number of carbonyl (C=O) groups excluding carboxylic acids is 1. The maximum absolute atomic E-state index is 12.0. The second kappa shape index (κ2) is 9.95. The van der Waals surface area contributed by atoms with Gasteiger partial charge in [-0.1, -0.05) is 37.3 Å². The molecule has 0 fully saturated rings. The van der Waals surface area contributed by atoms with Crippen LogP contribution in [0.5, 0.6) is 0 Å². The van der Waals surface area contributed by atoms with Gasteiger partial charge in [0.05, 0.1) is 23.8 Å². The molecule has 0 aliphatic heterocycles. The van der Waals surface area contributed by atoms with E-state index in [0.717, 1.165) is 46.9 Å². The summed E-state index contributed by atoms with van der Waals surface area (Å²) in [6, 6.07) is 9.60. The maximum Gasteiger partial charge on any atom is 0.407 e. The molecule has 4 rings (SSSR count). The van der Waals surface area contributed by atoms with Crippen molar-refractivity contribution in [3.05, 3.63) is 66.4 Å². The Kier molecular flexibility index (Phi) is 6.64. The number of hydrogen-bond acceptors (Lipinski definition) is 6. The Balaban J connectivity index is 1.46. The first-order valence-electron chi connectivity index (χ1n) is 10.7. The molecule has 0 saturated heterocycles. The molecule has 4 aromatic rings. The molecule has 9 heteroatoms. The van der Waals surface area contributed by atoms with Crippen LogP contribution < -0.4 is 10.6 Å². The summed E-state index contributed by atoms with van der Waals surface area (Å²) >= 11 is 0. The number of rotatable bonds is 9. The molecule has 1 aromatic carbocycles. The fraction of sp³-hybridized carbons (Fsp3) is 0.304. The van der Waals surface area contributed by atoms with Crippen LogP contribution in [0, 0.1) is 0 Å². The zero-order valence-electron chi connectivity index (χ0n) is 18.3. The molecule has 1 amide bonds. The summed E-state index contributed by atoms with van der Waals surface area (Å²) in [4.78, 5) is 21.3. The van der Waals surface area contributed by atoms with E-state index in [0.29, 0.717) is 13.0 Å². The summed E-state index contributed by atoms with van der Waals surface area (Å²) in [6.45, 7) is 3.55. The number of nitrogens with zero attached hydrogens (tertiary/aromatic N) is 5. The number of nitrogens with one attached hydrogen (secondary N) is 2. The third kappa shape index (κ3) is 5.05. The summed E-state index contributed by atoms with van der Waals surface area (Å²) in [5, 5.41) is 10.4. The standard InChI is InChI=1S/C23H27N7O2/c1-3-10-24-21-22-26-13-20(18-12-27-29(2)14-18)30(22)15-19(28-21)9-11-25-23(31)32-16-17-7-5-4-6-8-17/h4-8,12-15H,3,9-11,16H2,1-2H3,(H,24,28)(H,25,31). The van der Waals surface area contributed by atoms with E-state index in [9.17, 15) is 4.79 Å². The second-order valence-corrected chi connectivity index (χ2v) is 7.49. The van der Waals surface area contributed by atoms with Crippen LogP contribution in [0.2, 0.25) is 0 Å². The number of aryl methyl sites for hydroxylation is 1. The number of fused-ring (bicyclic) bond motifs is 1. The molecule has 0 spiro atoms. The van der Waals surface area contributed by atoms with Gasteiger partial charge >= 0.3 is 6.09 Å². The van der Waals surface area contributed by atoms with E-state index in [2.05, 4.69) is 27.6 Å². The highest BCUT2D eigenvalue weighted by atomic mass is 16.5. The van der Waals surface area contributed by atoms with Crippen molar-refractivity contribution in [2.45, 2.75) is 26.4 Å². The smallest absolute Gasteiger partial charge is 0.407 e. The molecule has 0 aliphatic rings. The van der Waals surface area contributed by atoms with Crippen LogP contribution in [-0.2, 0) is 24.8 Å². The van der Waals surface area contributed by atoms with Gasteiger partial charge in [-0.2, -0.15) is 5.10 Å². The van der Waals surface area contributed by atoms with Gasteiger partial charge in [0.25, 0.3) is 0 Å². The first-order chi connectivity index (χ1) is 15.6. The lowest BCUT2D eigenvalue weighted by atomic mass is 10.2. The molecule has 166 valence electrons. The van der Waals surface area contributed by atoms with Crippen molar-refractivity contribution in [1.29, 1.82) is 0 Å². The molecule has 0 unspecified atom stereocenters. The second-order valence-electron chi connectivity index (χ2n) is 7.49. The molecule has 0 radical (unpaired) electrons. The highest BCUT2D eigenvalue weighted by Crippen LogP contribution is 2.24. The van der Waals surface area contributed by atoms with Gasteiger partial charge in [0, 0.05) is 44.5 Å². The summed E-state index contributed by atoms with van der Waals surface area (Å²) in [5.41, 5.74) is 4.45. The lowest BCUT2D eigenvalue weighted by Crippen LogP contribution is -2.26. The van der Waals surface area contributed by atoms with Crippen molar-refractivity contribution in [1.82, 2.24) is 29.5 Å². The predicted octanol–water partition coefficient (Wildman–Crippen LogP) is 3.42. The summed E-state index contributed by atoms with van der Waals surface area (Å²) < 4.78 is 9.05. The van der Waals surface area contributed by atoms with E-state index < -0.39 is 6.09 Å². The van der Waals surface area contributed by atoms with Crippen molar-refractivity contribution < 1.29 is 9.53 Å². The Morgan fingerprint density at radius 3 is 2.72 bits per heavy atom. The molecule has 9 nitrogen and oxygen atoms in total. The van der Waals surface area contributed by atoms with Crippen LogP contribution in [0.3, 0.4) is 0 Å². The lowest BCUT2D eigenvalue weighted by Gasteiger charge is -2.11. The minimum atomic E-state index is -0.446. The number of hydrogen-bond donors (Lipinski definition) is 2. The van der Waals surface area contributed by atoms with Crippen molar-refractivity contribution in [3.63, 3.8) is 0 Å². The highest BCUT2D eigenvalue weighted by Gasteiger charge is 2.14. The van der Waals surface area contributed by atoms with E-state index in [-0.39, 0.29) is 6.61 Å². The largest absolute Gasteiger partial charge is 0.445 e. The number of anilines is 1. The molecule has 32 heavy (non-hydrogen) atoms. The van der Waals surface area contributed by atoms with Gasteiger partial charge in [-0.25, -0.2) is 14.8 Å². The monoisotopic (exact) mass is 433 g/mol. The van der Waals surface area contributed by atoms with Gasteiger partial charge in [0.2, 0.25) is 0 Å². The average Bonchev–Trinajstić information content (AvgIpc) is 3.43. The third-order valence-corrected chi connectivity index (χ3v) is 4.95. The average molecular weight is 434 g/mol. The number of aromatic nitrogens is 5. The van der Waals surface area contributed by atoms with Crippen LogP contribution >= 0.6 is 0 Å². The van der Waals surface area contributed by atoms with E-state index in [1.54, 1.807) is 4.68 Å². The Labute approximate surface area is 186 Å². The van der Waals surface area contributed by atoms with Crippen molar-refractivity contribution in [3.8, 4) is 11.3 Å². The molecule has 3 heterocycles. The van der Waals surface area contributed by atoms with Gasteiger partial charge in [-0.15, -0.1) is 0 Å². The molecule has 0 bridgehead atoms. The first-order valence-corrected chi connectivity index (χ1v) is 10.7. The molecule has 3 aromatic heterocycles. The third-order valence-electron chi connectivity index (χ3n) is 4.95.